The molecule has 2 aliphatic rings. The van der Waals surface area contributed by atoms with Gasteiger partial charge in [-0.05, 0) is 74.1 Å². The van der Waals surface area contributed by atoms with Crippen molar-refractivity contribution in [3.63, 3.8) is 0 Å². The van der Waals surface area contributed by atoms with E-state index < -0.39 is 5.97 Å². The fraction of sp³-hybridized carbons (Fsp3) is 0.500. The van der Waals surface area contributed by atoms with Crippen molar-refractivity contribution < 1.29 is 19.4 Å². The molecular formula is C22H28O4. The fourth-order valence-electron chi connectivity index (χ4n) is 3.73. The quantitative estimate of drug-likeness (QED) is 0.691. The molecule has 4 nitrogen and oxygen atoms in total. The Morgan fingerprint density at radius 1 is 1.15 bits per heavy atom. The lowest BCUT2D eigenvalue weighted by Gasteiger charge is -2.30. The highest BCUT2D eigenvalue weighted by Crippen LogP contribution is 2.35. The minimum Gasteiger partial charge on any atom is -0.491 e. The first-order chi connectivity index (χ1) is 12.7. The predicted octanol–water partition coefficient (Wildman–Crippen LogP) is 4.61. The zero-order valence-corrected chi connectivity index (χ0v) is 15.2. The maximum atomic E-state index is 10.4. The first kappa shape index (κ1) is 18.7. The molecule has 1 fully saturated rings. The third-order valence-electron chi connectivity index (χ3n) is 5.10. The van der Waals surface area contributed by atoms with E-state index >= 15 is 0 Å². The van der Waals surface area contributed by atoms with Crippen LogP contribution in [0, 0.1) is 0 Å². The predicted molar refractivity (Wildman–Crippen MR) is 101 cm³/mol. The number of rotatable bonds is 8. The lowest BCUT2D eigenvalue weighted by molar-refractivity contribution is -0.142. The Kier molecular flexibility index (Phi) is 6.89. The summed E-state index contributed by atoms with van der Waals surface area (Å²) >= 11 is 0. The van der Waals surface area contributed by atoms with Gasteiger partial charge in [0.1, 0.15) is 12.4 Å². The molecule has 2 atom stereocenters. The van der Waals surface area contributed by atoms with E-state index in [0.29, 0.717) is 18.6 Å². The molecule has 2 aliphatic carbocycles. The Morgan fingerprint density at radius 3 is 2.73 bits per heavy atom. The van der Waals surface area contributed by atoms with Crippen LogP contribution in [-0.2, 0) is 20.7 Å². The van der Waals surface area contributed by atoms with Crippen molar-refractivity contribution >= 4 is 5.97 Å². The summed E-state index contributed by atoms with van der Waals surface area (Å²) < 4.78 is 11.3. The standard InChI is InChI=1S/C22H28O4/c23-22(24)16-25-14-13-17-9-11-18(12-10-17)19-5-4-8-21(15-19)26-20-6-2-1-3-7-20/h2,6-7,9-12,19,21H,1,3-5,8,13-16H2,(H,23,24). The van der Waals surface area contributed by atoms with E-state index in [1.54, 1.807) is 0 Å². The van der Waals surface area contributed by atoms with Crippen LogP contribution >= 0.6 is 0 Å². The Hall–Kier alpha value is -2.07. The molecule has 3 rings (SSSR count). The Morgan fingerprint density at radius 2 is 2.00 bits per heavy atom. The Bertz CT molecular complexity index is 645. The van der Waals surface area contributed by atoms with Crippen LogP contribution in [0.3, 0.4) is 0 Å². The molecule has 1 aromatic rings. The molecular weight excluding hydrogens is 328 g/mol. The van der Waals surface area contributed by atoms with Gasteiger partial charge in [0.2, 0.25) is 0 Å². The zero-order valence-electron chi connectivity index (χ0n) is 15.2. The topological polar surface area (TPSA) is 55.8 Å². The van der Waals surface area contributed by atoms with Crippen LogP contribution in [0.1, 0.15) is 55.6 Å². The third-order valence-corrected chi connectivity index (χ3v) is 5.10. The first-order valence-corrected chi connectivity index (χ1v) is 9.62. The summed E-state index contributed by atoms with van der Waals surface area (Å²) in [6.45, 7) is 0.209. The van der Waals surface area contributed by atoms with E-state index in [0.717, 1.165) is 37.9 Å². The van der Waals surface area contributed by atoms with E-state index in [4.69, 9.17) is 14.6 Å². The molecule has 0 aromatic heterocycles. The van der Waals surface area contributed by atoms with E-state index in [2.05, 4.69) is 42.5 Å². The summed E-state index contributed by atoms with van der Waals surface area (Å²) in [5, 5.41) is 8.57. The number of benzene rings is 1. The lowest BCUT2D eigenvalue weighted by Crippen LogP contribution is -2.21. The average molecular weight is 356 g/mol. The van der Waals surface area contributed by atoms with Crippen molar-refractivity contribution in [3.8, 4) is 0 Å². The molecule has 0 radical (unpaired) electrons. The van der Waals surface area contributed by atoms with Gasteiger partial charge < -0.3 is 14.6 Å². The smallest absolute Gasteiger partial charge is 0.329 e. The van der Waals surface area contributed by atoms with Crippen molar-refractivity contribution in [2.75, 3.05) is 13.2 Å². The minimum absolute atomic E-state index is 0.229. The van der Waals surface area contributed by atoms with Gasteiger partial charge in [-0.3, -0.25) is 0 Å². The van der Waals surface area contributed by atoms with Gasteiger partial charge in [-0.1, -0.05) is 30.3 Å². The molecule has 4 heteroatoms. The van der Waals surface area contributed by atoms with Crippen LogP contribution in [0.4, 0.5) is 0 Å². The third kappa shape index (κ3) is 5.73. The van der Waals surface area contributed by atoms with E-state index in [9.17, 15) is 4.79 Å². The number of aliphatic carboxylic acids is 1. The largest absolute Gasteiger partial charge is 0.491 e. The number of hydrogen-bond donors (Lipinski definition) is 1. The molecule has 1 aromatic carbocycles. The molecule has 0 spiro atoms. The molecule has 0 aliphatic heterocycles. The maximum Gasteiger partial charge on any atom is 0.329 e. The van der Waals surface area contributed by atoms with Crippen LogP contribution in [-0.4, -0.2) is 30.4 Å². The van der Waals surface area contributed by atoms with Crippen LogP contribution in [0.5, 0.6) is 0 Å². The van der Waals surface area contributed by atoms with Gasteiger partial charge in [0.05, 0.1) is 12.7 Å². The number of carboxylic acids is 1. The summed E-state index contributed by atoms with van der Waals surface area (Å²) in [6, 6.07) is 8.69. The molecule has 0 amide bonds. The van der Waals surface area contributed by atoms with Crippen LogP contribution in [0.25, 0.3) is 0 Å². The van der Waals surface area contributed by atoms with Gasteiger partial charge in [-0.2, -0.15) is 0 Å². The number of carbonyl (C=O) groups is 1. The van der Waals surface area contributed by atoms with Crippen molar-refractivity contribution in [2.45, 2.75) is 57.0 Å². The molecule has 26 heavy (non-hydrogen) atoms. The monoisotopic (exact) mass is 356 g/mol. The van der Waals surface area contributed by atoms with Crippen LogP contribution in [0.2, 0.25) is 0 Å². The van der Waals surface area contributed by atoms with E-state index in [1.807, 2.05) is 0 Å². The van der Waals surface area contributed by atoms with E-state index in [-0.39, 0.29) is 6.61 Å². The summed E-state index contributed by atoms with van der Waals surface area (Å²) in [6.07, 6.45) is 14.4. The van der Waals surface area contributed by atoms with Crippen molar-refractivity contribution in [1.82, 2.24) is 0 Å². The SMILES string of the molecule is O=C(O)COCCc1ccc(C2CCCC(OC3=CCCC=C3)C2)cc1. The zero-order chi connectivity index (χ0) is 18.2. The van der Waals surface area contributed by atoms with Crippen molar-refractivity contribution in [3.05, 3.63) is 59.4 Å². The summed E-state index contributed by atoms with van der Waals surface area (Å²) in [7, 11) is 0. The molecule has 1 saturated carbocycles. The number of carboxylic acid groups (broad SMARTS) is 1. The Labute approximate surface area is 155 Å². The van der Waals surface area contributed by atoms with Gasteiger partial charge >= 0.3 is 5.97 Å². The fourth-order valence-corrected chi connectivity index (χ4v) is 3.73. The number of allylic oxidation sites excluding steroid dienone is 3. The highest BCUT2D eigenvalue weighted by molar-refractivity contribution is 5.67. The number of ether oxygens (including phenoxy) is 2. The average Bonchev–Trinajstić information content (AvgIpc) is 2.67. The second-order valence-electron chi connectivity index (χ2n) is 7.13. The molecule has 0 saturated heterocycles. The summed E-state index contributed by atoms with van der Waals surface area (Å²) in [4.78, 5) is 10.4. The lowest BCUT2D eigenvalue weighted by atomic mass is 9.82. The van der Waals surface area contributed by atoms with Crippen LogP contribution < -0.4 is 0 Å². The normalized spacial score (nSPS) is 22.7. The molecule has 0 heterocycles. The second kappa shape index (κ2) is 9.58. The Balaban J connectivity index is 1.49. The molecule has 1 N–H and O–H groups in total. The highest BCUT2D eigenvalue weighted by Gasteiger charge is 2.24. The molecule has 0 bridgehead atoms. The number of hydrogen-bond acceptors (Lipinski definition) is 3. The highest BCUT2D eigenvalue weighted by atomic mass is 16.5. The van der Waals surface area contributed by atoms with Gasteiger partial charge in [0, 0.05) is 0 Å². The van der Waals surface area contributed by atoms with Gasteiger partial charge in [-0.25, -0.2) is 4.79 Å². The summed E-state index contributed by atoms with van der Waals surface area (Å²) in [5.41, 5.74) is 2.56. The van der Waals surface area contributed by atoms with Gasteiger partial charge in [0.15, 0.2) is 0 Å². The van der Waals surface area contributed by atoms with Gasteiger partial charge in [0.25, 0.3) is 0 Å². The second-order valence-corrected chi connectivity index (χ2v) is 7.13. The minimum atomic E-state index is -0.922. The summed E-state index contributed by atoms with van der Waals surface area (Å²) in [5.74, 6) is 0.673. The maximum absolute atomic E-state index is 10.4. The van der Waals surface area contributed by atoms with E-state index in [1.165, 1.54) is 24.0 Å². The molecule has 2 unspecified atom stereocenters. The van der Waals surface area contributed by atoms with Gasteiger partial charge in [-0.15, -0.1) is 0 Å². The van der Waals surface area contributed by atoms with Crippen molar-refractivity contribution in [1.29, 1.82) is 0 Å². The van der Waals surface area contributed by atoms with Crippen molar-refractivity contribution in [2.24, 2.45) is 0 Å². The van der Waals surface area contributed by atoms with Crippen LogP contribution in [0.15, 0.2) is 48.3 Å². The first-order valence-electron chi connectivity index (χ1n) is 9.62. The molecule has 140 valence electrons.